The second-order valence-electron chi connectivity index (χ2n) is 8.63. The second kappa shape index (κ2) is 12.9. The molecule has 6 nitrogen and oxygen atoms in total. The Morgan fingerprint density at radius 1 is 1.15 bits per heavy atom. The first kappa shape index (κ1) is 27.8. The van der Waals surface area contributed by atoms with Crippen molar-refractivity contribution in [3.8, 4) is 11.8 Å². The maximum atomic E-state index is 11.9. The number of hydrogen-bond acceptors (Lipinski definition) is 6. The molecule has 3 aromatic carbocycles. The number of aliphatic hydroxyl groups excluding tert-OH is 1. The Balaban J connectivity index is 0.00000306. The molecular weight excluding hydrogens is 439 g/mol. The molecule has 0 saturated carbocycles. The number of benzene rings is 3. The van der Waals surface area contributed by atoms with E-state index in [0.29, 0.717) is 17.7 Å². The van der Waals surface area contributed by atoms with Crippen molar-refractivity contribution in [3.63, 3.8) is 0 Å². The van der Waals surface area contributed by atoms with Gasteiger partial charge in [-0.1, -0.05) is 42.5 Å². The smallest absolute Gasteiger partial charge is 1.00 e. The molecule has 3 rings (SSSR count). The van der Waals surface area contributed by atoms with E-state index in [1.807, 2.05) is 18.2 Å². The third-order valence-corrected chi connectivity index (χ3v) is 5.32. The number of nitrogens with zero attached hydrogens (tertiary/aromatic N) is 1. The summed E-state index contributed by atoms with van der Waals surface area (Å²) >= 11 is 0. The first-order valence-electron chi connectivity index (χ1n) is 11.1. The number of carbonyl (C=O) groups is 1. The Morgan fingerprint density at radius 2 is 1.88 bits per heavy atom. The maximum Gasteiger partial charge on any atom is 1.00 e. The topological polar surface area (TPSA) is 91.6 Å². The fraction of sp³-hybridized carbons (Fsp3) is 0.333. The van der Waals surface area contributed by atoms with E-state index in [9.17, 15) is 15.2 Å². The SMILES string of the molecule is CCOC(=O)c1ccc(C#N)c(OCC(O)CNC(C)(C)Cc2ccc3ccccc3c2)c1.[H-].[Na+]. The Labute approximate surface area is 224 Å². The summed E-state index contributed by atoms with van der Waals surface area (Å²) in [5.74, 6) is -0.234. The van der Waals surface area contributed by atoms with Crippen LogP contribution in [0.15, 0.2) is 60.7 Å². The number of nitrogens with one attached hydrogen (secondary N) is 1. The van der Waals surface area contributed by atoms with Gasteiger partial charge in [-0.15, -0.1) is 0 Å². The monoisotopic (exact) mass is 470 g/mol. The molecule has 0 aliphatic heterocycles. The summed E-state index contributed by atoms with van der Waals surface area (Å²) in [6.07, 6.45) is 0.00430. The van der Waals surface area contributed by atoms with Crippen molar-refractivity contribution >= 4 is 16.7 Å². The van der Waals surface area contributed by atoms with Crippen LogP contribution in [0, 0.1) is 11.3 Å². The molecule has 174 valence electrons. The van der Waals surface area contributed by atoms with Crippen LogP contribution in [0.4, 0.5) is 0 Å². The van der Waals surface area contributed by atoms with Crippen LogP contribution >= 0.6 is 0 Å². The molecule has 34 heavy (non-hydrogen) atoms. The molecule has 0 spiro atoms. The fourth-order valence-electron chi connectivity index (χ4n) is 3.64. The average Bonchev–Trinajstić information content (AvgIpc) is 2.81. The predicted octanol–water partition coefficient (Wildman–Crippen LogP) is 1.36. The molecule has 0 fully saturated rings. The van der Waals surface area contributed by atoms with E-state index in [-0.39, 0.29) is 55.5 Å². The van der Waals surface area contributed by atoms with Crippen molar-refractivity contribution in [2.24, 2.45) is 0 Å². The summed E-state index contributed by atoms with van der Waals surface area (Å²) in [4.78, 5) is 11.9. The van der Waals surface area contributed by atoms with Gasteiger partial charge in [0.05, 0.1) is 17.7 Å². The zero-order valence-corrected chi connectivity index (χ0v) is 22.3. The van der Waals surface area contributed by atoms with E-state index < -0.39 is 12.1 Å². The zero-order valence-electron chi connectivity index (χ0n) is 21.3. The molecule has 0 aromatic heterocycles. The molecule has 0 bridgehead atoms. The third kappa shape index (κ3) is 7.83. The quantitative estimate of drug-likeness (QED) is 0.343. The minimum atomic E-state index is -0.793. The number of esters is 1. The molecule has 1 unspecified atom stereocenters. The summed E-state index contributed by atoms with van der Waals surface area (Å²) in [6, 6.07) is 21.3. The van der Waals surface area contributed by atoms with Gasteiger partial charge in [0, 0.05) is 12.1 Å². The summed E-state index contributed by atoms with van der Waals surface area (Å²) in [7, 11) is 0. The number of rotatable bonds is 10. The van der Waals surface area contributed by atoms with Gasteiger partial charge in [-0.2, -0.15) is 5.26 Å². The van der Waals surface area contributed by atoms with Gasteiger partial charge >= 0.3 is 35.5 Å². The zero-order chi connectivity index (χ0) is 23.8. The number of nitriles is 1. The summed E-state index contributed by atoms with van der Waals surface area (Å²) in [6.45, 7) is 6.47. The first-order valence-corrected chi connectivity index (χ1v) is 11.1. The molecule has 0 radical (unpaired) electrons. The van der Waals surface area contributed by atoms with Gasteiger partial charge < -0.3 is 21.3 Å². The van der Waals surface area contributed by atoms with Gasteiger partial charge in [-0.25, -0.2) is 4.79 Å². The average molecular weight is 471 g/mol. The molecule has 1 atom stereocenters. The van der Waals surface area contributed by atoms with Crippen LogP contribution in [0.2, 0.25) is 0 Å². The molecule has 2 N–H and O–H groups in total. The van der Waals surface area contributed by atoms with Gasteiger partial charge in [0.15, 0.2) is 0 Å². The van der Waals surface area contributed by atoms with E-state index in [2.05, 4.69) is 49.5 Å². The van der Waals surface area contributed by atoms with Crippen LogP contribution in [0.3, 0.4) is 0 Å². The molecule has 0 aliphatic rings. The number of β-amino-alcohol motifs (C(OH)–C–C–N with tert-alkyl or cyclic N) is 1. The minimum Gasteiger partial charge on any atom is -1.00 e. The molecular formula is C27H31N2NaO4. The number of aliphatic hydroxyl groups is 1. The van der Waals surface area contributed by atoms with Gasteiger partial charge in [-0.05, 0) is 61.7 Å². The van der Waals surface area contributed by atoms with E-state index in [0.717, 1.165) is 6.42 Å². The Morgan fingerprint density at radius 3 is 2.59 bits per heavy atom. The van der Waals surface area contributed by atoms with Crippen LogP contribution < -0.4 is 39.6 Å². The number of carbonyl (C=O) groups excluding carboxylic acids is 1. The van der Waals surface area contributed by atoms with E-state index in [1.54, 1.807) is 6.92 Å². The molecule has 3 aromatic rings. The number of ether oxygens (including phenoxy) is 2. The Kier molecular flexibility index (Phi) is 10.6. The van der Waals surface area contributed by atoms with Crippen LogP contribution in [-0.2, 0) is 11.2 Å². The largest absolute Gasteiger partial charge is 1.00 e. The van der Waals surface area contributed by atoms with Gasteiger partial charge in [0.25, 0.3) is 0 Å². The van der Waals surface area contributed by atoms with Crippen LogP contribution in [0.5, 0.6) is 5.75 Å². The molecule has 0 heterocycles. The fourth-order valence-corrected chi connectivity index (χ4v) is 3.64. The van der Waals surface area contributed by atoms with Crippen LogP contribution in [0.25, 0.3) is 10.8 Å². The van der Waals surface area contributed by atoms with Gasteiger partial charge in [-0.3, -0.25) is 0 Å². The van der Waals surface area contributed by atoms with Crippen molar-refractivity contribution in [1.82, 2.24) is 5.32 Å². The normalized spacial score (nSPS) is 11.9. The number of fused-ring (bicyclic) bond motifs is 1. The van der Waals surface area contributed by atoms with Crippen molar-refractivity contribution in [3.05, 3.63) is 77.4 Å². The van der Waals surface area contributed by atoms with Crippen molar-refractivity contribution in [2.45, 2.75) is 38.8 Å². The Bertz CT molecular complexity index is 1160. The predicted molar refractivity (Wildman–Crippen MR) is 129 cm³/mol. The summed E-state index contributed by atoms with van der Waals surface area (Å²) in [5, 5.41) is 25.6. The Hall–Kier alpha value is -2.40. The standard InChI is InChI=1S/C27H30N2O4.Na.H/c1-4-32-26(31)22-11-12-23(16-28)25(14-22)33-18-24(30)17-29-27(2,3)15-19-9-10-20-7-5-6-8-21(20)13-19;;/h5-14,24,29-30H,4,15,17-18H2,1-3H3;;/q;+1;-1. The second-order valence-corrected chi connectivity index (χ2v) is 8.63. The summed E-state index contributed by atoms with van der Waals surface area (Å²) < 4.78 is 10.7. The van der Waals surface area contributed by atoms with E-state index >= 15 is 0 Å². The number of hydrogen-bond donors (Lipinski definition) is 2. The van der Waals surface area contributed by atoms with Crippen LogP contribution in [0.1, 0.15) is 43.7 Å². The van der Waals surface area contributed by atoms with Crippen molar-refractivity contribution in [2.75, 3.05) is 19.8 Å². The van der Waals surface area contributed by atoms with Crippen molar-refractivity contribution < 1.29 is 50.4 Å². The van der Waals surface area contributed by atoms with Gasteiger partial charge in [0.1, 0.15) is 24.5 Å². The van der Waals surface area contributed by atoms with Crippen molar-refractivity contribution in [1.29, 1.82) is 5.26 Å². The molecule has 0 aliphatic carbocycles. The molecule has 0 saturated heterocycles. The van der Waals surface area contributed by atoms with E-state index in [4.69, 9.17) is 9.47 Å². The molecule has 0 amide bonds. The van der Waals surface area contributed by atoms with Crippen LogP contribution in [-0.4, -0.2) is 42.5 Å². The van der Waals surface area contributed by atoms with Gasteiger partial charge in [0.2, 0.25) is 0 Å². The van der Waals surface area contributed by atoms with E-state index in [1.165, 1.54) is 34.5 Å². The maximum absolute atomic E-state index is 11.9. The molecule has 7 heteroatoms. The first-order chi connectivity index (χ1) is 15.8. The minimum absolute atomic E-state index is 0. The summed E-state index contributed by atoms with van der Waals surface area (Å²) in [5.41, 5.74) is 1.56. The third-order valence-electron chi connectivity index (χ3n) is 5.32.